The third-order valence-corrected chi connectivity index (χ3v) is 7.08. The molecule has 1 heterocycles. The summed E-state index contributed by atoms with van der Waals surface area (Å²) in [7, 11) is -2.45. The standard InChI is InChI=1S/C26H29N3O5S/c1-33-25-13-6-5-12-24(25)28-35(31,32)23-11-7-10-21(16-23)26(30)27-17-22-19-29(14-15-34-22)18-20-8-3-2-4-9-20/h2-13,16,22,28H,14-15,17-19H2,1H3,(H,27,30)/t22-/m1/s1. The molecule has 0 bridgehead atoms. The highest BCUT2D eigenvalue weighted by molar-refractivity contribution is 7.92. The number of ether oxygens (including phenoxy) is 2. The summed E-state index contributed by atoms with van der Waals surface area (Å²) in [5, 5.41) is 2.87. The van der Waals surface area contributed by atoms with Crippen LogP contribution in [-0.4, -0.2) is 58.7 Å². The van der Waals surface area contributed by atoms with E-state index in [1.807, 2.05) is 18.2 Å². The number of hydrogen-bond acceptors (Lipinski definition) is 6. The molecule has 4 rings (SSSR count). The van der Waals surface area contributed by atoms with Crippen molar-refractivity contribution in [2.24, 2.45) is 0 Å². The van der Waals surface area contributed by atoms with Crippen LogP contribution in [0.15, 0.2) is 83.8 Å². The topological polar surface area (TPSA) is 97.0 Å². The average Bonchev–Trinajstić information content (AvgIpc) is 2.88. The van der Waals surface area contributed by atoms with Gasteiger partial charge in [-0.05, 0) is 35.9 Å². The second kappa shape index (κ2) is 11.4. The molecule has 1 saturated heterocycles. The summed E-state index contributed by atoms with van der Waals surface area (Å²) in [4.78, 5) is 15.1. The van der Waals surface area contributed by atoms with Gasteiger partial charge in [0.05, 0.1) is 30.4 Å². The quantitative estimate of drug-likeness (QED) is 0.474. The Bertz CT molecular complexity index is 1250. The molecule has 0 spiro atoms. The van der Waals surface area contributed by atoms with E-state index in [1.165, 1.54) is 24.8 Å². The van der Waals surface area contributed by atoms with Gasteiger partial charge in [-0.1, -0.05) is 48.5 Å². The Labute approximate surface area is 205 Å². The summed E-state index contributed by atoms with van der Waals surface area (Å²) in [5.41, 5.74) is 1.81. The summed E-state index contributed by atoms with van der Waals surface area (Å²) in [6, 6.07) is 22.9. The fraction of sp³-hybridized carbons (Fsp3) is 0.269. The number of nitrogens with zero attached hydrogens (tertiary/aromatic N) is 1. The zero-order valence-electron chi connectivity index (χ0n) is 19.5. The van der Waals surface area contributed by atoms with Gasteiger partial charge in [-0.3, -0.25) is 14.4 Å². The molecule has 2 N–H and O–H groups in total. The maximum absolute atomic E-state index is 12.9. The number of carbonyl (C=O) groups excluding carboxylic acids is 1. The molecule has 8 nitrogen and oxygen atoms in total. The maximum atomic E-state index is 12.9. The van der Waals surface area contributed by atoms with Gasteiger partial charge in [0.1, 0.15) is 5.75 Å². The molecule has 0 radical (unpaired) electrons. The predicted octanol–water partition coefficient (Wildman–Crippen LogP) is 3.13. The van der Waals surface area contributed by atoms with Crippen molar-refractivity contribution in [1.29, 1.82) is 0 Å². The van der Waals surface area contributed by atoms with Gasteiger partial charge >= 0.3 is 0 Å². The number of methoxy groups -OCH3 is 1. The lowest BCUT2D eigenvalue weighted by Gasteiger charge is -2.33. The van der Waals surface area contributed by atoms with Crippen LogP contribution >= 0.6 is 0 Å². The number of rotatable bonds is 9. The normalized spacial score (nSPS) is 16.4. The lowest BCUT2D eigenvalue weighted by Crippen LogP contribution is -2.47. The summed E-state index contributed by atoms with van der Waals surface area (Å²) < 4.78 is 39.4. The van der Waals surface area contributed by atoms with Crippen LogP contribution < -0.4 is 14.8 Å². The molecule has 35 heavy (non-hydrogen) atoms. The van der Waals surface area contributed by atoms with Crippen LogP contribution in [0, 0.1) is 0 Å². The van der Waals surface area contributed by atoms with E-state index in [0.717, 1.165) is 13.1 Å². The number of carbonyl (C=O) groups is 1. The number of sulfonamides is 1. The van der Waals surface area contributed by atoms with E-state index in [-0.39, 0.29) is 22.5 Å². The largest absolute Gasteiger partial charge is 0.495 e. The lowest BCUT2D eigenvalue weighted by atomic mass is 10.2. The third kappa shape index (κ3) is 6.60. The molecule has 1 aliphatic rings. The Balaban J connectivity index is 1.36. The number of benzene rings is 3. The van der Waals surface area contributed by atoms with E-state index in [4.69, 9.17) is 9.47 Å². The molecule has 1 fully saturated rings. The Morgan fingerprint density at radius 3 is 2.63 bits per heavy atom. The molecule has 1 amide bonds. The van der Waals surface area contributed by atoms with Gasteiger partial charge in [-0.2, -0.15) is 0 Å². The smallest absolute Gasteiger partial charge is 0.262 e. The van der Waals surface area contributed by atoms with Crippen molar-refractivity contribution in [3.63, 3.8) is 0 Å². The van der Waals surface area contributed by atoms with Crippen LogP contribution in [0.25, 0.3) is 0 Å². The van der Waals surface area contributed by atoms with Gasteiger partial charge in [-0.15, -0.1) is 0 Å². The van der Waals surface area contributed by atoms with E-state index in [2.05, 4.69) is 27.1 Å². The van der Waals surface area contributed by atoms with Crippen molar-refractivity contribution in [3.8, 4) is 5.75 Å². The molecular weight excluding hydrogens is 466 g/mol. The van der Waals surface area contributed by atoms with E-state index < -0.39 is 10.0 Å². The van der Waals surface area contributed by atoms with Crippen LogP contribution in [0.1, 0.15) is 15.9 Å². The van der Waals surface area contributed by atoms with Crippen molar-refractivity contribution in [2.75, 3.05) is 38.1 Å². The van der Waals surface area contributed by atoms with E-state index >= 15 is 0 Å². The highest BCUT2D eigenvalue weighted by atomic mass is 32.2. The number of anilines is 1. The number of hydrogen-bond donors (Lipinski definition) is 2. The van der Waals surface area contributed by atoms with Gasteiger partial charge in [0.2, 0.25) is 0 Å². The summed E-state index contributed by atoms with van der Waals surface area (Å²) in [6.45, 7) is 3.29. The highest BCUT2D eigenvalue weighted by Crippen LogP contribution is 2.26. The fourth-order valence-electron chi connectivity index (χ4n) is 3.93. The van der Waals surface area contributed by atoms with E-state index in [1.54, 1.807) is 36.4 Å². The Morgan fingerprint density at radius 1 is 1.06 bits per heavy atom. The maximum Gasteiger partial charge on any atom is 0.262 e. The molecule has 9 heteroatoms. The second-order valence-corrected chi connectivity index (χ2v) is 9.94. The number of morpholine rings is 1. The molecule has 0 aliphatic carbocycles. The summed E-state index contributed by atoms with van der Waals surface area (Å²) >= 11 is 0. The monoisotopic (exact) mass is 495 g/mol. The van der Waals surface area contributed by atoms with Gasteiger partial charge in [0.25, 0.3) is 15.9 Å². The second-order valence-electron chi connectivity index (χ2n) is 8.26. The minimum Gasteiger partial charge on any atom is -0.495 e. The zero-order chi connectivity index (χ0) is 24.7. The molecule has 0 unspecified atom stereocenters. The molecule has 0 saturated carbocycles. The third-order valence-electron chi connectivity index (χ3n) is 5.72. The van der Waals surface area contributed by atoms with Crippen LogP contribution in [-0.2, 0) is 21.3 Å². The summed E-state index contributed by atoms with van der Waals surface area (Å²) in [6.07, 6.45) is -0.143. The molecule has 184 valence electrons. The van der Waals surface area contributed by atoms with Gasteiger partial charge < -0.3 is 14.8 Å². The predicted molar refractivity (Wildman–Crippen MR) is 134 cm³/mol. The van der Waals surface area contributed by atoms with Gasteiger partial charge in [0, 0.05) is 31.7 Å². The summed E-state index contributed by atoms with van der Waals surface area (Å²) in [5.74, 6) is 0.0434. The van der Waals surface area contributed by atoms with E-state index in [0.29, 0.717) is 31.1 Å². The van der Waals surface area contributed by atoms with Crippen molar-refractivity contribution in [2.45, 2.75) is 17.5 Å². The molecular formula is C26H29N3O5S. The van der Waals surface area contributed by atoms with Crippen LogP contribution in [0.5, 0.6) is 5.75 Å². The average molecular weight is 496 g/mol. The van der Waals surface area contributed by atoms with Gasteiger partial charge in [-0.25, -0.2) is 8.42 Å². The lowest BCUT2D eigenvalue weighted by molar-refractivity contribution is -0.0292. The molecule has 3 aromatic rings. The van der Waals surface area contributed by atoms with Crippen LogP contribution in [0.2, 0.25) is 0 Å². The van der Waals surface area contributed by atoms with Crippen molar-refractivity contribution < 1.29 is 22.7 Å². The Kier molecular flexibility index (Phi) is 8.02. The van der Waals surface area contributed by atoms with Crippen molar-refractivity contribution in [1.82, 2.24) is 10.2 Å². The number of nitrogens with one attached hydrogen (secondary N) is 2. The number of para-hydroxylation sites is 2. The minimum atomic E-state index is -3.92. The number of amides is 1. The first-order valence-corrected chi connectivity index (χ1v) is 12.8. The zero-order valence-corrected chi connectivity index (χ0v) is 20.3. The molecule has 1 aliphatic heterocycles. The molecule has 0 aromatic heterocycles. The first kappa shape index (κ1) is 24.7. The highest BCUT2D eigenvalue weighted by Gasteiger charge is 2.22. The minimum absolute atomic E-state index is 0.0148. The first-order chi connectivity index (χ1) is 16.9. The Morgan fingerprint density at radius 2 is 1.83 bits per heavy atom. The SMILES string of the molecule is COc1ccccc1NS(=O)(=O)c1cccc(C(=O)NC[C@@H]2CN(Cc3ccccc3)CCO2)c1. The van der Waals surface area contributed by atoms with Crippen LogP contribution in [0.4, 0.5) is 5.69 Å². The molecule has 3 aromatic carbocycles. The Hall–Kier alpha value is -3.40. The van der Waals surface area contributed by atoms with Crippen molar-refractivity contribution >= 4 is 21.6 Å². The molecule has 1 atom stereocenters. The van der Waals surface area contributed by atoms with Crippen molar-refractivity contribution in [3.05, 3.63) is 90.0 Å². The van der Waals surface area contributed by atoms with E-state index in [9.17, 15) is 13.2 Å². The first-order valence-electron chi connectivity index (χ1n) is 11.4. The van der Waals surface area contributed by atoms with Gasteiger partial charge in [0.15, 0.2) is 0 Å². The fourth-order valence-corrected chi connectivity index (χ4v) is 5.05. The van der Waals surface area contributed by atoms with Crippen LogP contribution in [0.3, 0.4) is 0 Å².